The molecule has 0 unspecified atom stereocenters. The summed E-state index contributed by atoms with van der Waals surface area (Å²) in [7, 11) is -5.89. The van der Waals surface area contributed by atoms with Crippen LogP contribution in [-0.4, -0.2) is 47.2 Å². The Kier molecular flexibility index (Phi) is 6.85. The van der Waals surface area contributed by atoms with E-state index in [9.17, 15) is 21.6 Å². The van der Waals surface area contributed by atoms with Crippen LogP contribution in [0.4, 0.5) is 5.69 Å². The van der Waals surface area contributed by atoms with Crippen LogP contribution in [0.3, 0.4) is 0 Å². The van der Waals surface area contributed by atoms with Crippen LogP contribution in [0.25, 0.3) is 0 Å². The van der Waals surface area contributed by atoms with Crippen molar-refractivity contribution in [3.05, 3.63) is 53.6 Å². The first kappa shape index (κ1) is 23.4. The third-order valence-electron chi connectivity index (χ3n) is 5.53. The van der Waals surface area contributed by atoms with Crippen molar-refractivity contribution in [2.75, 3.05) is 25.5 Å². The van der Waals surface area contributed by atoms with Crippen LogP contribution in [0.2, 0.25) is 0 Å². The van der Waals surface area contributed by atoms with Crippen LogP contribution in [0, 0.1) is 19.8 Å². The van der Waals surface area contributed by atoms with E-state index >= 15 is 0 Å². The molecule has 0 spiro atoms. The molecule has 1 aliphatic rings. The fourth-order valence-electron chi connectivity index (χ4n) is 3.47. The summed E-state index contributed by atoms with van der Waals surface area (Å²) in [5.41, 5.74) is 2.15. The van der Waals surface area contributed by atoms with Crippen LogP contribution in [0.15, 0.2) is 52.3 Å². The second-order valence-corrected chi connectivity index (χ2v) is 11.5. The summed E-state index contributed by atoms with van der Waals surface area (Å²) in [4.78, 5) is 13.1. The highest BCUT2D eigenvalue weighted by atomic mass is 32.2. The smallest absolute Gasteiger partial charge is 0.243 e. The number of rotatable bonds is 6. The molecule has 1 saturated heterocycles. The lowest BCUT2D eigenvalue weighted by molar-refractivity contribution is -0.120. The number of carbonyl (C=O) groups excluding carboxylic acids is 1. The van der Waals surface area contributed by atoms with E-state index < -0.39 is 20.0 Å². The van der Waals surface area contributed by atoms with Crippen molar-refractivity contribution >= 4 is 31.6 Å². The number of hydrogen-bond acceptors (Lipinski definition) is 5. The molecule has 0 radical (unpaired) electrons. The summed E-state index contributed by atoms with van der Waals surface area (Å²) in [6.45, 7) is 4.18. The minimum Gasteiger partial charge on any atom is -0.326 e. The predicted octanol–water partition coefficient (Wildman–Crippen LogP) is 2.25. The number of amides is 1. The third-order valence-corrected chi connectivity index (χ3v) is 8.85. The molecule has 2 aromatic rings. The maximum absolute atomic E-state index is 12.8. The minimum absolute atomic E-state index is 0.0647. The van der Waals surface area contributed by atoms with Gasteiger partial charge in [0.15, 0.2) is 0 Å². The Bertz CT molecular complexity index is 1170. The van der Waals surface area contributed by atoms with Gasteiger partial charge in [0.05, 0.1) is 9.79 Å². The number of nitrogens with zero attached hydrogens (tertiary/aromatic N) is 1. The lowest BCUT2D eigenvalue weighted by Gasteiger charge is -2.30. The lowest BCUT2D eigenvalue weighted by Crippen LogP contribution is -2.41. The largest absolute Gasteiger partial charge is 0.326 e. The van der Waals surface area contributed by atoms with Gasteiger partial charge in [0.25, 0.3) is 0 Å². The fraction of sp³-hybridized carbons (Fsp3) is 0.381. The zero-order valence-electron chi connectivity index (χ0n) is 17.8. The van der Waals surface area contributed by atoms with Crippen molar-refractivity contribution in [3.8, 4) is 0 Å². The van der Waals surface area contributed by atoms with Gasteiger partial charge in [0.2, 0.25) is 26.0 Å². The molecular formula is C21H27N3O5S2. The Morgan fingerprint density at radius 2 is 1.52 bits per heavy atom. The van der Waals surface area contributed by atoms with Crippen molar-refractivity contribution in [2.45, 2.75) is 36.5 Å². The van der Waals surface area contributed by atoms with Gasteiger partial charge in [-0.15, -0.1) is 0 Å². The third kappa shape index (κ3) is 5.15. The number of sulfonamides is 2. The second-order valence-electron chi connectivity index (χ2n) is 7.66. The molecule has 1 amide bonds. The average Bonchev–Trinajstić information content (AvgIpc) is 2.75. The summed E-state index contributed by atoms with van der Waals surface area (Å²) in [5.74, 6) is -0.595. The molecule has 0 atom stereocenters. The monoisotopic (exact) mass is 465 g/mol. The summed E-state index contributed by atoms with van der Waals surface area (Å²) >= 11 is 0. The molecule has 10 heteroatoms. The minimum atomic E-state index is -3.63. The molecule has 31 heavy (non-hydrogen) atoms. The van der Waals surface area contributed by atoms with Gasteiger partial charge in [-0.25, -0.2) is 21.6 Å². The summed E-state index contributed by atoms with van der Waals surface area (Å²) < 4.78 is 53.4. The molecule has 3 rings (SSSR count). The maximum atomic E-state index is 12.8. The standard InChI is InChI=1S/C21H27N3O5S2/c1-15-4-7-18(8-5-15)31(28,29)24-12-10-17(11-13-24)21(25)23-20-14-19(9-6-16(20)2)30(26,27)22-3/h4-9,14,17,22H,10-13H2,1-3H3,(H,23,25). The summed E-state index contributed by atoms with van der Waals surface area (Å²) in [6, 6.07) is 11.3. The first-order valence-corrected chi connectivity index (χ1v) is 12.9. The number of carbonyl (C=O) groups is 1. The molecular weight excluding hydrogens is 438 g/mol. The quantitative estimate of drug-likeness (QED) is 0.679. The normalized spacial score (nSPS) is 16.2. The van der Waals surface area contributed by atoms with E-state index in [0.29, 0.717) is 18.5 Å². The zero-order chi connectivity index (χ0) is 22.8. The van der Waals surface area contributed by atoms with Crippen molar-refractivity contribution in [2.24, 2.45) is 5.92 Å². The second kappa shape index (κ2) is 9.07. The van der Waals surface area contributed by atoms with Gasteiger partial charge < -0.3 is 5.32 Å². The average molecular weight is 466 g/mol. The van der Waals surface area contributed by atoms with Gasteiger partial charge in [0.1, 0.15) is 0 Å². The number of anilines is 1. The molecule has 0 aromatic heterocycles. The molecule has 8 nitrogen and oxygen atoms in total. The Morgan fingerprint density at radius 1 is 0.935 bits per heavy atom. The Hall–Kier alpha value is -2.27. The first-order valence-electron chi connectivity index (χ1n) is 9.96. The van der Waals surface area contributed by atoms with Crippen LogP contribution in [0.5, 0.6) is 0 Å². The summed E-state index contributed by atoms with van der Waals surface area (Å²) in [6.07, 6.45) is 0.787. The molecule has 1 fully saturated rings. The fourth-order valence-corrected chi connectivity index (χ4v) is 5.70. The van der Waals surface area contributed by atoms with E-state index in [1.165, 1.54) is 23.5 Å². The molecule has 0 aliphatic carbocycles. The number of aryl methyl sites for hydroxylation is 2. The Labute approximate surface area is 183 Å². The van der Waals surface area contributed by atoms with Crippen molar-refractivity contribution in [1.29, 1.82) is 0 Å². The van der Waals surface area contributed by atoms with E-state index in [4.69, 9.17) is 0 Å². The molecule has 1 heterocycles. The Balaban J connectivity index is 1.67. The van der Waals surface area contributed by atoms with Gasteiger partial charge in [-0.3, -0.25) is 4.79 Å². The number of benzene rings is 2. The van der Waals surface area contributed by atoms with Crippen molar-refractivity contribution in [1.82, 2.24) is 9.03 Å². The molecule has 2 aromatic carbocycles. The lowest BCUT2D eigenvalue weighted by atomic mass is 9.97. The van der Waals surface area contributed by atoms with E-state index in [2.05, 4.69) is 10.0 Å². The topological polar surface area (TPSA) is 113 Å². The Morgan fingerprint density at radius 3 is 2.10 bits per heavy atom. The van der Waals surface area contributed by atoms with Crippen LogP contribution >= 0.6 is 0 Å². The highest BCUT2D eigenvalue weighted by molar-refractivity contribution is 7.89. The molecule has 168 valence electrons. The summed E-state index contributed by atoms with van der Waals surface area (Å²) in [5, 5.41) is 2.81. The number of piperidine rings is 1. The number of nitrogens with one attached hydrogen (secondary N) is 2. The van der Waals surface area contributed by atoms with E-state index in [1.807, 2.05) is 6.92 Å². The highest BCUT2D eigenvalue weighted by Gasteiger charge is 2.32. The van der Waals surface area contributed by atoms with Crippen LogP contribution in [0.1, 0.15) is 24.0 Å². The van der Waals surface area contributed by atoms with E-state index in [1.54, 1.807) is 37.3 Å². The van der Waals surface area contributed by atoms with Gasteiger partial charge >= 0.3 is 0 Å². The van der Waals surface area contributed by atoms with Gasteiger partial charge in [-0.05, 0) is 63.6 Å². The van der Waals surface area contributed by atoms with Gasteiger partial charge in [-0.2, -0.15) is 4.31 Å². The zero-order valence-corrected chi connectivity index (χ0v) is 19.4. The molecule has 2 N–H and O–H groups in total. The van der Waals surface area contributed by atoms with Crippen LogP contribution in [-0.2, 0) is 24.8 Å². The number of hydrogen-bond donors (Lipinski definition) is 2. The van der Waals surface area contributed by atoms with E-state index in [0.717, 1.165) is 11.1 Å². The van der Waals surface area contributed by atoms with Gasteiger partial charge in [0, 0.05) is 24.7 Å². The van der Waals surface area contributed by atoms with Crippen molar-refractivity contribution < 1.29 is 21.6 Å². The van der Waals surface area contributed by atoms with Gasteiger partial charge in [-0.1, -0.05) is 23.8 Å². The van der Waals surface area contributed by atoms with E-state index in [-0.39, 0.29) is 34.7 Å². The molecule has 0 bridgehead atoms. The van der Waals surface area contributed by atoms with Crippen molar-refractivity contribution in [3.63, 3.8) is 0 Å². The maximum Gasteiger partial charge on any atom is 0.243 e. The molecule has 1 aliphatic heterocycles. The highest BCUT2D eigenvalue weighted by Crippen LogP contribution is 2.26. The molecule has 0 saturated carbocycles. The predicted molar refractivity (Wildman–Crippen MR) is 119 cm³/mol. The SMILES string of the molecule is CNS(=O)(=O)c1ccc(C)c(NC(=O)C2CCN(S(=O)(=O)c3ccc(C)cc3)CC2)c1. The van der Waals surface area contributed by atoms with Crippen LogP contribution < -0.4 is 10.0 Å². The first-order chi connectivity index (χ1) is 14.5.